The number of hydrogen-bond donors (Lipinski definition) is 1. The van der Waals surface area contributed by atoms with Crippen LogP contribution in [0.4, 0.5) is 4.79 Å². The molecule has 0 aromatic rings. The van der Waals surface area contributed by atoms with E-state index in [1.54, 1.807) is 34.0 Å². The monoisotopic (exact) mass is 708 g/mol. The van der Waals surface area contributed by atoms with Crippen molar-refractivity contribution >= 4 is 29.6 Å². The summed E-state index contributed by atoms with van der Waals surface area (Å²) >= 11 is 0. The van der Waals surface area contributed by atoms with Crippen molar-refractivity contribution in [1.29, 1.82) is 0 Å². The number of likely N-dealkylation sites (tertiary alicyclic amines) is 1. The van der Waals surface area contributed by atoms with E-state index in [0.717, 1.165) is 25.7 Å². The summed E-state index contributed by atoms with van der Waals surface area (Å²) in [5.74, 6) is 0.109. The number of aliphatic imine (C=N–C) groups is 2. The van der Waals surface area contributed by atoms with Crippen LogP contribution in [0.2, 0.25) is 0 Å². The molecule has 11 nitrogen and oxygen atoms in total. The molecule has 0 aromatic heterocycles. The molecular weight excluding hydrogens is 648 g/mol. The molecule has 2 aliphatic heterocycles. The number of fused-ring (bicyclic) bond motifs is 1. The minimum atomic E-state index is -0.988. The number of ether oxygens (including phenoxy) is 4. The number of nitrogens with one attached hydrogen (secondary N) is 1. The molecule has 0 radical (unpaired) electrons. The minimum absolute atomic E-state index is 0.0432. The van der Waals surface area contributed by atoms with Crippen molar-refractivity contribution in [2.24, 2.45) is 39.1 Å². The molecular formula is C40H60N4O7. The Morgan fingerprint density at radius 3 is 2.41 bits per heavy atom. The number of hydrogen-bond acceptors (Lipinski definition) is 9. The van der Waals surface area contributed by atoms with E-state index < -0.39 is 53.1 Å². The van der Waals surface area contributed by atoms with Crippen LogP contribution in [-0.2, 0) is 28.5 Å². The lowest BCUT2D eigenvalue weighted by atomic mass is 9.85. The fourth-order valence-electron chi connectivity index (χ4n) is 7.07. The molecule has 2 aliphatic carbocycles. The summed E-state index contributed by atoms with van der Waals surface area (Å²) in [6.45, 7) is 25.1. The first-order chi connectivity index (χ1) is 23.9. The number of carbonyl (C=O) groups excluding carboxylic acids is 3. The molecule has 0 bridgehead atoms. The van der Waals surface area contributed by atoms with E-state index in [1.165, 1.54) is 4.90 Å². The van der Waals surface area contributed by atoms with Crippen LogP contribution in [0.3, 0.4) is 0 Å². The van der Waals surface area contributed by atoms with Crippen LogP contribution in [0.15, 0.2) is 58.9 Å². The number of rotatable bonds is 13. The average Bonchev–Trinajstić information content (AvgIpc) is 3.66. The smallest absolute Gasteiger partial charge is 0.408 e. The molecule has 282 valence electrons. The maximum Gasteiger partial charge on any atom is 0.408 e. The largest absolute Gasteiger partial charge is 0.497 e. The molecule has 8 atom stereocenters. The maximum absolute atomic E-state index is 14.7. The molecule has 51 heavy (non-hydrogen) atoms. The highest BCUT2D eigenvalue weighted by Crippen LogP contribution is 2.39. The number of methoxy groups -OCH3 is 1. The van der Waals surface area contributed by atoms with Crippen molar-refractivity contribution in [3.8, 4) is 0 Å². The van der Waals surface area contributed by atoms with E-state index in [2.05, 4.69) is 39.2 Å². The van der Waals surface area contributed by atoms with Gasteiger partial charge in [-0.2, -0.15) is 0 Å². The third-order valence-corrected chi connectivity index (χ3v) is 9.68. The molecule has 4 rings (SSSR count). The van der Waals surface area contributed by atoms with Crippen molar-refractivity contribution in [1.82, 2.24) is 10.2 Å². The molecule has 2 fully saturated rings. The van der Waals surface area contributed by atoms with E-state index in [4.69, 9.17) is 28.9 Å². The molecule has 1 N–H and O–H groups in total. The first kappa shape index (κ1) is 39.9. The van der Waals surface area contributed by atoms with Gasteiger partial charge in [0.25, 0.3) is 0 Å². The normalized spacial score (nSPS) is 27.9. The van der Waals surface area contributed by atoms with Gasteiger partial charge in [-0.3, -0.25) is 9.79 Å². The van der Waals surface area contributed by atoms with Gasteiger partial charge < -0.3 is 29.2 Å². The van der Waals surface area contributed by atoms with E-state index in [1.807, 2.05) is 39.0 Å². The Morgan fingerprint density at radius 1 is 1.12 bits per heavy atom. The van der Waals surface area contributed by atoms with Gasteiger partial charge in [0.1, 0.15) is 41.4 Å². The molecule has 11 heteroatoms. The van der Waals surface area contributed by atoms with Crippen LogP contribution in [0.25, 0.3) is 0 Å². The number of alkyl carbamates (subject to hydrolysis) is 1. The number of carbonyl (C=O) groups is 3. The fraction of sp³-hybridized carbons (Fsp3) is 0.675. The standard InChI is InChI=1S/C40H60N4O7/c1-13-15-16-17-25-20-30(25)50-38(47)43-34(39(6,7)8)36(45)44-22-31(27(18-23(3)4)33(44)37(46)51-40(9,10)11)49-35-28(14-2)41-32-24(5)19-26(48-12)21-29(32)42-35/h13-14,19,21,23-25,27,30-34H,1-2,15-18,20,22H2,3-12H3,(H,43,47)/t24?,25-,27-,30-,31+,32?,33+,34-/m1/s1. The second-order valence-corrected chi connectivity index (χ2v) is 16.8. The van der Waals surface area contributed by atoms with Crippen LogP contribution in [0.1, 0.15) is 94.4 Å². The topological polar surface area (TPSA) is 128 Å². The Morgan fingerprint density at radius 2 is 1.82 bits per heavy atom. The molecule has 1 saturated heterocycles. The van der Waals surface area contributed by atoms with E-state index in [0.29, 0.717) is 29.5 Å². The van der Waals surface area contributed by atoms with Gasteiger partial charge in [0.2, 0.25) is 11.8 Å². The Kier molecular flexibility index (Phi) is 12.7. The predicted octanol–water partition coefficient (Wildman–Crippen LogP) is 6.94. The van der Waals surface area contributed by atoms with Crippen LogP contribution in [-0.4, -0.2) is 84.1 Å². The summed E-state index contributed by atoms with van der Waals surface area (Å²) < 4.78 is 23.9. The lowest BCUT2D eigenvalue weighted by Gasteiger charge is -2.36. The first-order valence-corrected chi connectivity index (χ1v) is 18.4. The van der Waals surface area contributed by atoms with Crippen molar-refractivity contribution in [2.75, 3.05) is 13.7 Å². The molecule has 0 aromatic carbocycles. The van der Waals surface area contributed by atoms with E-state index in [-0.39, 0.29) is 36.4 Å². The highest BCUT2D eigenvalue weighted by atomic mass is 16.6. The van der Waals surface area contributed by atoms with Crippen molar-refractivity contribution in [3.63, 3.8) is 0 Å². The van der Waals surface area contributed by atoms with Gasteiger partial charge in [-0.25, -0.2) is 14.6 Å². The van der Waals surface area contributed by atoms with Gasteiger partial charge in [-0.1, -0.05) is 54.2 Å². The summed E-state index contributed by atoms with van der Waals surface area (Å²) in [4.78, 5) is 53.4. The van der Waals surface area contributed by atoms with Crippen LogP contribution in [0.5, 0.6) is 0 Å². The second-order valence-electron chi connectivity index (χ2n) is 16.8. The number of amides is 2. The van der Waals surface area contributed by atoms with Gasteiger partial charge in [0.15, 0.2) is 0 Å². The van der Waals surface area contributed by atoms with Gasteiger partial charge >= 0.3 is 12.1 Å². The number of nitrogens with zero attached hydrogens (tertiary/aromatic N) is 3. The lowest BCUT2D eigenvalue weighted by Crippen LogP contribution is -2.58. The Bertz CT molecular complexity index is 1460. The molecule has 2 unspecified atom stereocenters. The van der Waals surface area contributed by atoms with Gasteiger partial charge in [0, 0.05) is 17.9 Å². The van der Waals surface area contributed by atoms with Gasteiger partial charge in [-0.15, -0.1) is 6.58 Å². The highest BCUT2D eigenvalue weighted by molar-refractivity contribution is 6.44. The molecule has 0 spiro atoms. The van der Waals surface area contributed by atoms with Crippen molar-refractivity contribution < 1.29 is 33.3 Å². The van der Waals surface area contributed by atoms with E-state index in [9.17, 15) is 14.4 Å². The minimum Gasteiger partial charge on any atom is -0.497 e. The fourth-order valence-corrected chi connectivity index (χ4v) is 7.07. The average molecular weight is 709 g/mol. The number of esters is 1. The second kappa shape index (κ2) is 16.2. The third kappa shape index (κ3) is 10.1. The zero-order chi connectivity index (χ0) is 37.8. The van der Waals surface area contributed by atoms with Crippen molar-refractivity contribution in [3.05, 3.63) is 48.9 Å². The summed E-state index contributed by atoms with van der Waals surface area (Å²) in [6.07, 6.45) is 10.2. The van der Waals surface area contributed by atoms with Crippen LogP contribution >= 0.6 is 0 Å². The Labute approximate surface area is 304 Å². The summed E-state index contributed by atoms with van der Waals surface area (Å²) in [6, 6.07) is -2.18. The summed E-state index contributed by atoms with van der Waals surface area (Å²) in [5, 5.41) is 2.87. The van der Waals surface area contributed by atoms with Crippen LogP contribution < -0.4 is 5.32 Å². The van der Waals surface area contributed by atoms with E-state index >= 15 is 0 Å². The summed E-state index contributed by atoms with van der Waals surface area (Å²) in [5.41, 5.74) is -0.311. The molecule has 2 heterocycles. The van der Waals surface area contributed by atoms with Gasteiger partial charge in [0.05, 0.1) is 25.4 Å². The number of allylic oxidation sites excluding steroid dienone is 2. The molecule has 1 saturated carbocycles. The zero-order valence-corrected chi connectivity index (χ0v) is 32.4. The summed E-state index contributed by atoms with van der Waals surface area (Å²) in [7, 11) is 1.61. The number of unbranched alkanes of at least 4 members (excludes halogenated alkanes) is 1. The molecule has 2 amide bonds. The van der Waals surface area contributed by atoms with Gasteiger partial charge in [-0.05, 0) is 82.3 Å². The third-order valence-electron chi connectivity index (χ3n) is 9.68. The Hall–Kier alpha value is -3.89. The predicted molar refractivity (Wildman–Crippen MR) is 199 cm³/mol. The Balaban J connectivity index is 1.65. The maximum atomic E-state index is 14.7. The zero-order valence-electron chi connectivity index (χ0n) is 32.4. The first-order valence-electron chi connectivity index (χ1n) is 18.4. The quantitative estimate of drug-likeness (QED) is 0.125. The lowest BCUT2D eigenvalue weighted by molar-refractivity contribution is -0.165. The highest BCUT2D eigenvalue weighted by Gasteiger charge is 2.53. The molecule has 4 aliphatic rings. The van der Waals surface area contributed by atoms with Crippen LogP contribution in [0, 0.1) is 29.1 Å². The van der Waals surface area contributed by atoms with Crippen molar-refractivity contribution in [2.45, 2.75) is 130 Å². The SMILES string of the molecule is C=CCCC[C@@H]1C[C@H]1OC(=O)N[C@H](C(=O)N1C[C@H](OC2=NC3=CC(OC)=CC(C)C3N=C2C=C)[C@@H](CC(C)C)[C@H]1C(=O)OC(C)(C)C)C(C)(C)C.